The van der Waals surface area contributed by atoms with E-state index in [-0.39, 0.29) is 6.17 Å². The van der Waals surface area contributed by atoms with Crippen molar-refractivity contribution in [3.63, 3.8) is 0 Å². The van der Waals surface area contributed by atoms with E-state index < -0.39 is 6.02 Å². The Hall–Kier alpha value is -2.49. The predicted molar refractivity (Wildman–Crippen MR) is 94.3 cm³/mol. The summed E-state index contributed by atoms with van der Waals surface area (Å²) in [6.45, 7) is 7.99. The number of pyridine rings is 1. The van der Waals surface area contributed by atoms with Gasteiger partial charge in [-0.25, -0.2) is 4.98 Å². The van der Waals surface area contributed by atoms with Gasteiger partial charge in [-0.05, 0) is 45.4 Å². The summed E-state index contributed by atoms with van der Waals surface area (Å²) >= 11 is 0. The van der Waals surface area contributed by atoms with Crippen molar-refractivity contribution in [3.8, 4) is 0 Å². The van der Waals surface area contributed by atoms with Gasteiger partial charge in [-0.2, -0.15) is 0 Å². The molecular weight excluding hydrogens is 286 g/mol. The molecule has 4 rings (SSSR count). The molecular formula is C19H21N3O. The van der Waals surface area contributed by atoms with Crippen LogP contribution in [0.4, 0.5) is 5.69 Å². The molecule has 4 nitrogen and oxygen atoms in total. The van der Waals surface area contributed by atoms with Crippen molar-refractivity contribution < 1.29 is 5.79 Å². The highest BCUT2D eigenvalue weighted by Crippen LogP contribution is 2.39. The quantitative estimate of drug-likeness (QED) is 0.690. The molecule has 1 atom stereocenters. The Morgan fingerprint density at radius 2 is 2.04 bits per heavy atom. The summed E-state index contributed by atoms with van der Waals surface area (Å²) in [4.78, 5) is 8.56. The maximum atomic E-state index is 8.33. The minimum absolute atomic E-state index is 0.0444. The highest BCUT2D eigenvalue weighted by atomic mass is 16.3. The van der Waals surface area contributed by atoms with Crippen molar-refractivity contribution in [2.75, 3.05) is 4.90 Å². The summed E-state index contributed by atoms with van der Waals surface area (Å²) in [6, 6.07) is 7.50. The second-order valence-corrected chi connectivity index (χ2v) is 6.26. The van der Waals surface area contributed by atoms with Gasteiger partial charge in [-0.3, -0.25) is 0 Å². The van der Waals surface area contributed by atoms with Crippen LogP contribution >= 0.6 is 0 Å². The Morgan fingerprint density at radius 1 is 1.22 bits per heavy atom. The van der Waals surface area contributed by atoms with Gasteiger partial charge in [0.15, 0.2) is 5.58 Å². The van der Waals surface area contributed by atoms with E-state index in [4.69, 9.17) is 5.79 Å². The van der Waals surface area contributed by atoms with Crippen molar-refractivity contribution in [2.24, 2.45) is 0 Å². The molecule has 0 N–H and O–H groups in total. The molecule has 0 aliphatic carbocycles. The summed E-state index contributed by atoms with van der Waals surface area (Å²) in [5.41, 5.74) is 3.70. The fraction of sp³-hybridized carbons (Fsp3) is 0.316. The number of furan rings is 1. The van der Waals surface area contributed by atoms with Crippen LogP contribution in [-0.2, 0) is 0 Å². The van der Waals surface area contributed by atoms with Crippen molar-refractivity contribution in [1.29, 1.82) is 0 Å². The molecule has 0 saturated heterocycles. The number of hydrogen-bond donors (Lipinski definition) is 0. The molecule has 0 bridgehead atoms. The minimum atomic E-state index is -0.679. The molecule has 0 spiro atoms. The Morgan fingerprint density at radius 3 is 2.78 bits per heavy atom. The van der Waals surface area contributed by atoms with Crippen LogP contribution in [0.15, 0.2) is 47.3 Å². The van der Waals surface area contributed by atoms with Crippen LogP contribution in [0.25, 0.3) is 22.1 Å². The lowest BCUT2D eigenvalue weighted by Gasteiger charge is -2.33. The van der Waals surface area contributed by atoms with Crippen LogP contribution in [-0.4, -0.2) is 22.1 Å². The highest BCUT2D eigenvalue weighted by molar-refractivity contribution is 6.08. The number of aromatic nitrogens is 1. The van der Waals surface area contributed by atoms with E-state index in [0.717, 1.165) is 27.6 Å². The Bertz CT molecular complexity index is 954. The van der Waals surface area contributed by atoms with Crippen molar-refractivity contribution in [2.45, 2.75) is 39.9 Å². The number of aryl methyl sites for hydroxylation is 1. The first-order valence-corrected chi connectivity index (χ1v) is 7.90. The summed E-state index contributed by atoms with van der Waals surface area (Å²) in [5, 5.41) is 2.10. The molecule has 1 aromatic carbocycles. The van der Waals surface area contributed by atoms with Gasteiger partial charge in [0.1, 0.15) is 6.17 Å². The highest BCUT2D eigenvalue weighted by Gasteiger charge is 2.28. The normalized spacial score (nSPS) is 19.1. The number of hydrogen-bond acceptors (Lipinski definition) is 4. The molecule has 118 valence electrons. The smallest absolute Gasteiger partial charge is 0.227 e. The summed E-state index contributed by atoms with van der Waals surface area (Å²) in [5.74, 6) is 0. The maximum absolute atomic E-state index is 8.33. The van der Waals surface area contributed by atoms with Gasteiger partial charge in [0.2, 0.25) is 5.71 Å². The number of benzene rings is 1. The van der Waals surface area contributed by atoms with Crippen LogP contribution in [0.2, 0.25) is 0 Å². The fourth-order valence-corrected chi connectivity index (χ4v) is 3.39. The first-order chi connectivity index (χ1) is 11.4. The number of fused-ring (bicyclic) bond motifs is 3. The van der Waals surface area contributed by atoms with Crippen molar-refractivity contribution >= 4 is 27.8 Å². The van der Waals surface area contributed by atoms with E-state index in [1.165, 1.54) is 0 Å². The lowest BCUT2D eigenvalue weighted by Crippen LogP contribution is -2.39. The van der Waals surface area contributed by atoms with Gasteiger partial charge in [0.25, 0.3) is 0 Å². The zero-order chi connectivity index (χ0) is 17.1. The molecule has 3 aromatic rings. The molecule has 23 heavy (non-hydrogen) atoms. The topological polar surface area (TPSA) is 32.5 Å². The Balaban J connectivity index is 1.91. The molecule has 3 heterocycles. The third-order valence-corrected chi connectivity index (χ3v) is 4.56. The largest absolute Gasteiger partial charge is 0.435 e. The average Bonchev–Trinajstić information content (AvgIpc) is 3.07. The zero-order valence-corrected chi connectivity index (χ0v) is 13.9. The third-order valence-electron chi connectivity index (χ3n) is 4.56. The molecule has 0 amide bonds. The van der Waals surface area contributed by atoms with Crippen LogP contribution < -0.4 is 4.90 Å². The Kier molecular flexibility index (Phi) is 2.83. The second-order valence-electron chi connectivity index (χ2n) is 6.26. The van der Waals surface area contributed by atoms with Gasteiger partial charge in [0, 0.05) is 35.4 Å². The molecule has 2 aromatic heterocycles. The summed E-state index contributed by atoms with van der Waals surface area (Å²) in [6.07, 6.45) is 5.81. The van der Waals surface area contributed by atoms with E-state index in [9.17, 15) is 0 Å². The van der Waals surface area contributed by atoms with Crippen molar-refractivity contribution in [3.05, 3.63) is 48.4 Å². The lowest BCUT2D eigenvalue weighted by molar-refractivity contribution is 0.263. The van der Waals surface area contributed by atoms with E-state index in [2.05, 4.69) is 35.9 Å². The van der Waals surface area contributed by atoms with Crippen molar-refractivity contribution in [1.82, 2.24) is 9.88 Å². The maximum Gasteiger partial charge on any atom is 0.227 e. The van der Waals surface area contributed by atoms with Gasteiger partial charge in [-0.1, -0.05) is 12.1 Å². The minimum Gasteiger partial charge on any atom is -0.435 e. The monoisotopic (exact) mass is 308 g/mol. The second kappa shape index (κ2) is 5.01. The van der Waals surface area contributed by atoms with Crippen LogP contribution in [0.5, 0.6) is 0 Å². The van der Waals surface area contributed by atoms with Gasteiger partial charge in [0.05, 0.1) is 7.06 Å². The van der Waals surface area contributed by atoms with E-state index in [1.54, 1.807) is 6.20 Å². The standard InChI is InChI=1S/C19H21N3O/c1-12(2)21-10-11-22(14(21)4)17-13(3)7-8-15-16-6-5-9-20-19(16)23-18(15)17/h5-12,14H,1-4H3/i12D. The van der Waals surface area contributed by atoms with E-state index in [1.807, 2.05) is 43.3 Å². The zero-order valence-electron chi connectivity index (χ0n) is 14.9. The molecule has 0 fully saturated rings. The molecule has 1 aliphatic heterocycles. The number of rotatable bonds is 2. The lowest BCUT2D eigenvalue weighted by atomic mass is 10.1. The average molecular weight is 308 g/mol. The molecule has 0 saturated carbocycles. The van der Waals surface area contributed by atoms with Crippen LogP contribution in [0.3, 0.4) is 0 Å². The Labute approximate surface area is 137 Å². The molecule has 1 aliphatic rings. The van der Waals surface area contributed by atoms with Gasteiger partial charge < -0.3 is 14.2 Å². The summed E-state index contributed by atoms with van der Waals surface area (Å²) < 4.78 is 14.4. The SMILES string of the molecule is [2H]C(C)(C)N1C=CN(c2c(C)ccc3c2oc2ncccc23)C1C. The first-order valence-electron chi connectivity index (χ1n) is 8.40. The predicted octanol–water partition coefficient (Wildman–Crippen LogP) is 4.64. The summed E-state index contributed by atoms with van der Waals surface area (Å²) in [7, 11) is 0. The molecule has 1 unspecified atom stereocenters. The molecule has 0 radical (unpaired) electrons. The molecule has 4 heteroatoms. The van der Waals surface area contributed by atoms with E-state index in [0.29, 0.717) is 5.71 Å². The van der Waals surface area contributed by atoms with Crippen LogP contribution in [0.1, 0.15) is 27.7 Å². The third kappa shape index (κ3) is 2.01. The number of nitrogens with zero attached hydrogens (tertiary/aromatic N) is 3. The van der Waals surface area contributed by atoms with E-state index >= 15 is 0 Å². The first kappa shape index (κ1) is 13.0. The van der Waals surface area contributed by atoms with Crippen LogP contribution in [0, 0.1) is 6.92 Å². The number of anilines is 1. The van der Waals surface area contributed by atoms with Gasteiger partial charge >= 0.3 is 0 Å². The van der Waals surface area contributed by atoms with Gasteiger partial charge in [-0.15, -0.1) is 0 Å². The fourth-order valence-electron chi connectivity index (χ4n) is 3.39.